The van der Waals surface area contributed by atoms with Gasteiger partial charge in [-0.05, 0) is 61.1 Å². The molecule has 0 unspecified atom stereocenters. The van der Waals surface area contributed by atoms with Crippen molar-refractivity contribution in [3.63, 3.8) is 0 Å². The number of hydrogen-bond acceptors (Lipinski definition) is 6. The van der Waals surface area contributed by atoms with Crippen molar-refractivity contribution < 1.29 is 27.5 Å². The molecule has 3 fully saturated rings. The maximum Gasteiger partial charge on any atom is 0.287 e. The van der Waals surface area contributed by atoms with Crippen molar-refractivity contribution in [2.75, 3.05) is 13.1 Å². The molecule has 0 atom stereocenters. The molecule has 2 amide bonds. The number of halogens is 2. The van der Waals surface area contributed by atoms with Crippen LogP contribution in [0.1, 0.15) is 49.1 Å². The molecule has 0 spiro atoms. The Hall–Kier alpha value is -3.97. The van der Waals surface area contributed by atoms with E-state index in [1.54, 1.807) is 6.07 Å². The van der Waals surface area contributed by atoms with Gasteiger partial charge >= 0.3 is 0 Å². The zero-order valence-electron chi connectivity index (χ0n) is 21.2. The number of furan rings is 1. The van der Waals surface area contributed by atoms with Crippen LogP contribution in [0.4, 0.5) is 8.78 Å². The smallest absolute Gasteiger partial charge is 0.287 e. The molecule has 202 valence electrons. The van der Waals surface area contributed by atoms with Gasteiger partial charge in [0.1, 0.15) is 28.5 Å². The van der Waals surface area contributed by atoms with Gasteiger partial charge in [-0.3, -0.25) is 9.59 Å². The highest BCUT2D eigenvalue weighted by Crippen LogP contribution is 2.41. The molecular weight excluding hydrogens is 506 g/mol. The molecule has 6 rings (SSSR count). The van der Waals surface area contributed by atoms with Crippen molar-refractivity contribution >= 4 is 22.8 Å². The maximum atomic E-state index is 14.0. The Morgan fingerprint density at radius 1 is 0.949 bits per heavy atom. The Kier molecular flexibility index (Phi) is 6.07. The van der Waals surface area contributed by atoms with Gasteiger partial charge in [-0.1, -0.05) is 24.3 Å². The summed E-state index contributed by atoms with van der Waals surface area (Å²) in [6.07, 6.45) is -0.363. The lowest BCUT2D eigenvalue weighted by Gasteiger charge is -2.39. The van der Waals surface area contributed by atoms with Crippen LogP contribution in [-0.4, -0.2) is 48.0 Å². The summed E-state index contributed by atoms with van der Waals surface area (Å²) < 4.78 is 39.7. The van der Waals surface area contributed by atoms with Crippen molar-refractivity contribution in [2.45, 2.75) is 61.6 Å². The number of nitriles is 1. The van der Waals surface area contributed by atoms with E-state index >= 15 is 0 Å². The summed E-state index contributed by atoms with van der Waals surface area (Å²) in [7, 11) is 0. The SMILES string of the molecule is N#CC1(NC(=O)C2(NC(=O)c3cc4ccc(-c5ccc(OC6CNC6)cc5)cc4o3)CCC(F)(F)CC2)CC1. The van der Waals surface area contributed by atoms with Gasteiger partial charge in [0.15, 0.2) is 5.76 Å². The number of nitrogens with zero attached hydrogens (tertiary/aromatic N) is 1. The summed E-state index contributed by atoms with van der Waals surface area (Å²) in [6.45, 7) is 1.68. The molecule has 1 aromatic heterocycles. The van der Waals surface area contributed by atoms with Crippen molar-refractivity contribution in [2.24, 2.45) is 0 Å². The van der Waals surface area contributed by atoms with E-state index in [0.717, 1.165) is 30.0 Å². The first-order chi connectivity index (χ1) is 18.7. The van der Waals surface area contributed by atoms with Gasteiger partial charge in [0.05, 0.1) is 6.07 Å². The molecule has 0 radical (unpaired) electrons. The van der Waals surface area contributed by atoms with Crippen LogP contribution in [0.15, 0.2) is 52.9 Å². The van der Waals surface area contributed by atoms with E-state index < -0.39 is 41.7 Å². The van der Waals surface area contributed by atoms with Crippen molar-refractivity contribution in [1.29, 1.82) is 5.26 Å². The molecule has 8 nitrogen and oxygen atoms in total. The van der Waals surface area contributed by atoms with Gasteiger partial charge in [0.25, 0.3) is 5.91 Å². The fraction of sp³-hybridized carbons (Fsp3) is 0.414. The Balaban J connectivity index is 1.20. The minimum atomic E-state index is -2.91. The number of benzene rings is 2. The minimum absolute atomic E-state index is 0.0223. The fourth-order valence-electron chi connectivity index (χ4n) is 5.04. The lowest BCUT2D eigenvalue weighted by molar-refractivity contribution is -0.133. The van der Waals surface area contributed by atoms with E-state index in [1.807, 2.05) is 42.5 Å². The van der Waals surface area contributed by atoms with Gasteiger partial charge in [-0.25, -0.2) is 8.78 Å². The molecule has 2 aromatic carbocycles. The molecule has 2 aliphatic carbocycles. The molecule has 2 saturated carbocycles. The van der Waals surface area contributed by atoms with Gasteiger partial charge in [0.2, 0.25) is 11.8 Å². The van der Waals surface area contributed by atoms with Crippen molar-refractivity contribution in [3.05, 3.63) is 54.3 Å². The predicted octanol–water partition coefficient (Wildman–Crippen LogP) is 4.30. The first-order valence-corrected chi connectivity index (χ1v) is 13.1. The number of hydrogen-bond donors (Lipinski definition) is 3. The average Bonchev–Trinajstić information content (AvgIpc) is 3.54. The highest BCUT2D eigenvalue weighted by Gasteiger charge is 2.53. The number of carbonyl (C=O) groups is 2. The molecular formula is C29H28F2N4O4. The van der Waals surface area contributed by atoms with Gasteiger partial charge < -0.3 is 25.1 Å². The van der Waals surface area contributed by atoms with Crippen molar-refractivity contribution in [3.8, 4) is 22.9 Å². The number of nitrogens with one attached hydrogen (secondary N) is 3. The normalized spacial score (nSPS) is 20.8. The first-order valence-electron chi connectivity index (χ1n) is 13.1. The van der Waals surface area contributed by atoms with Crippen LogP contribution >= 0.6 is 0 Å². The second-order valence-corrected chi connectivity index (χ2v) is 10.8. The Morgan fingerprint density at radius 2 is 1.64 bits per heavy atom. The third kappa shape index (κ3) is 5.06. The van der Waals surface area contributed by atoms with Gasteiger partial charge in [-0.15, -0.1) is 0 Å². The van der Waals surface area contributed by atoms with Crippen LogP contribution in [0, 0.1) is 11.3 Å². The average molecular weight is 535 g/mol. The first kappa shape index (κ1) is 25.3. The summed E-state index contributed by atoms with van der Waals surface area (Å²) in [6, 6.07) is 16.9. The third-order valence-electron chi connectivity index (χ3n) is 7.92. The number of carbonyl (C=O) groups excluding carboxylic acids is 2. The second-order valence-electron chi connectivity index (χ2n) is 10.8. The lowest BCUT2D eigenvalue weighted by atomic mass is 9.78. The summed E-state index contributed by atoms with van der Waals surface area (Å²) in [5.74, 6) is -3.41. The van der Waals surface area contributed by atoms with E-state index in [4.69, 9.17) is 9.15 Å². The van der Waals surface area contributed by atoms with Crippen molar-refractivity contribution in [1.82, 2.24) is 16.0 Å². The summed E-state index contributed by atoms with van der Waals surface area (Å²) in [5, 5.41) is 18.6. The number of fused-ring (bicyclic) bond motifs is 1. The van der Waals surface area contributed by atoms with Gasteiger partial charge in [-0.2, -0.15) is 5.26 Å². The van der Waals surface area contributed by atoms with E-state index in [9.17, 15) is 23.6 Å². The zero-order chi connectivity index (χ0) is 27.3. The van der Waals surface area contributed by atoms with Gasteiger partial charge in [0, 0.05) is 31.3 Å². The standard InChI is InChI=1S/C29H28F2N4O4/c30-29(31)11-9-28(10-12-29,26(37)35-27(17-32)7-8-27)34-25(36)24-14-20-2-1-19(13-23(20)39-24)18-3-5-21(6-4-18)38-22-15-33-16-22/h1-6,13-14,22,33H,7-12,15-16H2,(H,34,36)(H,35,37). The van der Waals surface area contributed by atoms with Crippen LogP contribution in [0.25, 0.3) is 22.1 Å². The third-order valence-corrected chi connectivity index (χ3v) is 7.92. The summed E-state index contributed by atoms with van der Waals surface area (Å²) in [4.78, 5) is 26.5. The van der Waals surface area contributed by atoms with Crippen LogP contribution in [0.5, 0.6) is 5.75 Å². The highest BCUT2D eigenvalue weighted by atomic mass is 19.3. The van der Waals surface area contributed by atoms with Crippen LogP contribution in [0.2, 0.25) is 0 Å². The Morgan fingerprint density at radius 3 is 2.26 bits per heavy atom. The Bertz CT molecular complexity index is 1460. The minimum Gasteiger partial charge on any atom is -0.488 e. The second kappa shape index (κ2) is 9.35. The molecule has 1 aliphatic heterocycles. The largest absolute Gasteiger partial charge is 0.488 e. The molecule has 3 N–H and O–H groups in total. The molecule has 39 heavy (non-hydrogen) atoms. The molecule has 10 heteroatoms. The van der Waals surface area contributed by atoms with E-state index in [-0.39, 0.29) is 24.7 Å². The highest BCUT2D eigenvalue weighted by molar-refractivity contribution is 6.00. The number of alkyl halides is 2. The Labute approximate surface area is 223 Å². The zero-order valence-corrected chi connectivity index (χ0v) is 21.2. The molecule has 3 aromatic rings. The van der Waals surface area contributed by atoms with E-state index in [0.29, 0.717) is 23.8 Å². The van der Waals surface area contributed by atoms with Crippen LogP contribution in [-0.2, 0) is 4.79 Å². The maximum absolute atomic E-state index is 14.0. The van der Waals surface area contributed by atoms with E-state index in [1.165, 1.54) is 0 Å². The molecule has 2 heterocycles. The molecule has 3 aliphatic rings. The fourth-order valence-corrected chi connectivity index (χ4v) is 5.04. The predicted molar refractivity (Wildman–Crippen MR) is 138 cm³/mol. The number of ether oxygens (including phenoxy) is 1. The molecule has 0 bridgehead atoms. The van der Waals surface area contributed by atoms with E-state index in [2.05, 4.69) is 22.0 Å². The summed E-state index contributed by atoms with van der Waals surface area (Å²) in [5.41, 5.74) is -0.215. The lowest BCUT2D eigenvalue weighted by Crippen LogP contribution is -2.62. The van der Waals surface area contributed by atoms with Crippen LogP contribution < -0.4 is 20.7 Å². The quantitative estimate of drug-likeness (QED) is 0.416. The summed E-state index contributed by atoms with van der Waals surface area (Å²) >= 11 is 0. The monoisotopic (exact) mass is 534 g/mol. The molecule has 1 saturated heterocycles. The number of rotatable bonds is 7. The van der Waals surface area contributed by atoms with Crippen LogP contribution in [0.3, 0.4) is 0 Å². The topological polar surface area (TPSA) is 116 Å². The number of amides is 2.